The van der Waals surface area contributed by atoms with Gasteiger partial charge in [0.25, 0.3) is 0 Å². The van der Waals surface area contributed by atoms with E-state index in [0.717, 1.165) is 32.2 Å². The third-order valence-corrected chi connectivity index (χ3v) is 5.13. The summed E-state index contributed by atoms with van der Waals surface area (Å²) < 4.78 is 31.8. The number of piperidine rings is 1. The van der Waals surface area contributed by atoms with Crippen LogP contribution in [0.5, 0.6) is 0 Å². The Morgan fingerprint density at radius 2 is 2.21 bits per heavy atom. The van der Waals surface area contributed by atoms with Crippen LogP contribution in [0, 0.1) is 5.92 Å². The van der Waals surface area contributed by atoms with Gasteiger partial charge in [-0.15, -0.1) is 0 Å². The van der Waals surface area contributed by atoms with Gasteiger partial charge in [0.15, 0.2) is 5.58 Å². The topological polar surface area (TPSA) is 84.5 Å². The van der Waals surface area contributed by atoms with Gasteiger partial charge in [-0.25, -0.2) is 17.9 Å². The van der Waals surface area contributed by atoms with Crippen LogP contribution in [0.4, 0.5) is 0 Å². The molecule has 0 aliphatic carbocycles. The van der Waals surface area contributed by atoms with Gasteiger partial charge < -0.3 is 4.42 Å². The smallest absolute Gasteiger partial charge is 0.408 e. The van der Waals surface area contributed by atoms with E-state index in [1.54, 1.807) is 22.8 Å². The zero-order valence-corrected chi connectivity index (χ0v) is 14.9. The summed E-state index contributed by atoms with van der Waals surface area (Å²) >= 11 is 6.01. The molecule has 2 heterocycles. The molecule has 1 aliphatic heterocycles. The first kappa shape index (κ1) is 17.5. The van der Waals surface area contributed by atoms with E-state index in [9.17, 15) is 13.2 Å². The minimum Gasteiger partial charge on any atom is -0.408 e. The predicted molar refractivity (Wildman–Crippen MR) is 92.6 cm³/mol. The molecule has 0 radical (unpaired) electrons. The summed E-state index contributed by atoms with van der Waals surface area (Å²) in [4.78, 5) is 14.2. The van der Waals surface area contributed by atoms with Crippen molar-refractivity contribution >= 4 is 32.7 Å². The second kappa shape index (κ2) is 6.87. The standard InChI is InChI=1S/C15H20ClN3O4S/c1-24(21,22)17-8-11-3-2-6-18(9-11)10-19-13-7-12(16)4-5-14(13)23-15(19)20/h4-5,7,11,17H,2-3,6,8-10H2,1H3/t11-/m0/s1. The van der Waals surface area contributed by atoms with Crippen molar-refractivity contribution in [2.75, 3.05) is 25.9 Å². The van der Waals surface area contributed by atoms with Crippen LogP contribution >= 0.6 is 11.6 Å². The molecule has 132 valence electrons. The molecule has 1 atom stereocenters. The zero-order chi connectivity index (χ0) is 17.3. The van der Waals surface area contributed by atoms with Crippen LogP contribution in [-0.4, -0.2) is 43.8 Å². The highest BCUT2D eigenvalue weighted by Gasteiger charge is 2.22. The fourth-order valence-electron chi connectivity index (χ4n) is 3.08. The van der Waals surface area contributed by atoms with Crippen LogP contribution in [-0.2, 0) is 16.7 Å². The molecular weight excluding hydrogens is 354 g/mol. The first-order valence-electron chi connectivity index (χ1n) is 7.78. The molecule has 1 N–H and O–H groups in total. The average Bonchev–Trinajstić information content (AvgIpc) is 2.81. The lowest BCUT2D eigenvalue weighted by Gasteiger charge is -2.32. The van der Waals surface area contributed by atoms with Gasteiger partial charge in [-0.3, -0.25) is 9.47 Å². The Labute approximate surface area is 145 Å². The van der Waals surface area contributed by atoms with Crippen LogP contribution in [0.2, 0.25) is 5.02 Å². The Balaban J connectivity index is 1.73. The summed E-state index contributed by atoms with van der Waals surface area (Å²) in [6, 6.07) is 5.09. The molecular formula is C15H20ClN3O4S. The number of rotatable bonds is 5. The van der Waals surface area contributed by atoms with Crippen LogP contribution in [0.3, 0.4) is 0 Å². The highest BCUT2D eigenvalue weighted by atomic mass is 35.5. The van der Waals surface area contributed by atoms with Crippen molar-refractivity contribution in [2.45, 2.75) is 19.5 Å². The van der Waals surface area contributed by atoms with E-state index >= 15 is 0 Å². The molecule has 1 aromatic carbocycles. The van der Waals surface area contributed by atoms with Gasteiger partial charge in [-0.1, -0.05) is 11.6 Å². The molecule has 1 aromatic heterocycles. The van der Waals surface area contributed by atoms with E-state index in [2.05, 4.69) is 9.62 Å². The van der Waals surface area contributed by atoms with E-state index in [1.807, 2.05) is 0 Å². The number of benzene rings is 1. The van der Waals surface area contributed by atoms with E-state index in [4.69, 9.17) is 16.0 Å². The fraction of sp³-hybridized carbons (Fsp3) is 0.533. The largest absolute Gasteiger partial charge is 0.421 e. The van der Waals surface area contributed by atoms with Crippen molar-refractivity contribution in [3.8, 4) is 0 Å². The summed E-state index contributed by atoms with van der Waals surface area (Å²) in [7, 11) is -3.18. The monoisotopic (exact) mass is 373 g/mol. The summed E-state index contributed by atoms with van der Waals surface area (Å²) in [5.41, 5.74) is 1.18. The van der Waals surface area contributed by atoms with Gasteiger partial charge in [0.1, 0.15) is 0 Å². The number of oxazole rings is 1. The van der Waals surface area contributed by atoms with Gasteiger partial charge in [0.2, 0.25) is 10.0 Å². The highest BCUT2D eigenvalue weighted by molar-refractivity contribution is 7.88. The van der Waals surface area contributed by atoms with Gasteiger partial charge >= 0.3 is 5.76 Å². The Morgan fingerprint density at radius 3 is 2.96 bits per heavy atom. The number of sulfonamides is 1. The zero-order valence-electron chi connectivity index (χ0n) is 13.4. The lowest BCUT2D eigenvalue weighted by molar-refractivity contribution is 0.138. The number of likely N-dealkylation sites (tertiary alicyclic amines) is 1. The van der Waals surface area contributed by atoms with Crippen LogP contribution in [0.15, 0.2) is 27.4 Å². The van der Waals surface area contributed by atoms with Crippen LogP contribution in [0.25, 0.3) is 11.1 Å². The van der Waals surface area contributed by atoms with Gasteiger partial charge in [-0.2, -0.15) is 0 Å². The fourth-order valence-corrected chi connectivity index (χ4v) is 3.79. The van der Waals surface area contributed by atoms with E-state index in [-0.39, 0.29) is 5.92 Å². The second-order valence-corrected chi connectivity index (χ2v) is 8.52. The first-order valence-corrected chi connectivity index (χ1v) is 10.0. The number of nitrogens with zero attached hydrogens (tertiary/aromatic N) is 2. The third kappa shape index (κ3) is 4.18. The molecule has 0 saturated carbocycles. The summed E-state index contributed by atoms with van der Waals surface area (Å²) in [5, 5.41) is 0.547. The van der Waals surface area contributed by atoms with E-state index < -0.39 is 15.8 Å². The maximum atomic E-state index is 12.1. The van der Waals surface area contributed by atoms with Gasteiger partial charge in [0.05, 0.1) is 18.4 Å². The quantitative estimate of drug-likeness (QED) is 0.857. The Kier molecular flexibility index (Phi) is 5.00. The number of nitrogens with one attached hydrogen (secondary N) is 1. The molecule has 1 fully saturated rings. The number of aromatic nitrogens is 1. The van der Waals surface area contributed by atoms with Crippen molar-refractivity contribution in [2.24, 2.45) is 5.92 Å². The second-order valence-electron chi connectivity index (χ2n) is 6.26. The first-order chi connectivity index (χ1) is 11.3. The molecule has 3 rings (SSSR count). The molecule has 0 unspecified atom stereocenters. The minimum atomic E-state index is -3.18. The molecule has 7 nitrogen and oxygen atoms in total. The molecule has 24 heavy (non-hydrogen) atoms. The van der Waals surface area contributed by atoms with Crippen LogP contribution < -0.4 is 10.5 Å². The van der Waals surface area contributed by atoms with Gasteiger partial charge in [-0.05, 0) is 43.5 Å². The van der Waals surface area contributed by atoms with Crippen molar-refractivity contribution in [1.29, 1.82) is 0 Å². The molecule has 0 amide bonds. The number of fused-ring (bicyclic) bond motifs is 1. The molecule has 1 saturated heterocycles. The van der Waals surface area contributed by atoms with E-state index in [0.29, 0.717) is 29.3 Å². The van der Waals surface area contributed by atoms with Gasteiger partial charge in [0, 0.05) is 18.1 Å². The minimum absolute atomic E-state index is 0.228. The Bertz CT molecular complexity index is 890. The number of hydrogen-bond donors (Lipinski definition) is 1. The summed E-state index contributed by atoms with van der Waals surface area (Å²) in [6.45, 7) is 2.40. The van der Waals surface area contributed by atoms with Crippen molar-refractivity contribution in [3.63, 3.8) is 0 Å². The molecule has 1 aliphatic rings. The molecule has 2 aromatic rings. The predicted octanol–water partition coefficient (Wildman–Crippen LogP) is 1.47. The number of halogens is 1. The average molecular weight is 374 g/mol. The van der Waals surface area contributed by atoms with E-state index in [1.165, 1.54) is 0 Å². The highest BCUT2D eigenvalue weighted by Crippen LogP contribution is 2.21. The SMILES string of the molecule is CS(=O)(=O)NC[C@@H]1CCCN(Cn2c(=O)oc3ccc(Cl)cc32)C1. The Morgan fingerprint density at radius 1 is 1.42 bits per heavy atom. The third-order valence-electron chi connectivity index (χ3n) is 4.21. The number of hydrogen-bond acceptors (Lipinski definition) is 5. The molecule has 9 heteroatoms. The maximum absolute atomic E-state index is 12.1. The van der Waals surface area contributed by atoms with Crippen molar-refractivity contribution in [1.82, 2.24) is 14.2 Å². The van der Waals surface area contributed by atoms with Crippen molar-refractivity contribution < 1.29 is 12.8 Å². The molecule has 0 spiro atoms. The Hall–Kier alpha value is -1.35. The molecule has 0 bridgehead atoms. The normalized spacial score (nSPS) is 19.8. The lowest BCUT2D eigenvalue weighted by Crippen LogP contribution is -2.42. The lowest BCUT2D eigenvalue weighted by atomic mass is 9.99. The van der Waals surface area contributed by atoms with Crippen LogP contribution in [0.1, 0.15) is 12.8 Å². The summed E-state index contributed by atoms with van der Waals surface area (Å²) in [6.07, 6.45) is 3.09. The van der Waals surface area contributed by atoms with Crippen molar-refractivity contribution in [3.05, 3.63) is 33.8 Å². The summed E-state index contributed by atoms with van der Waals surface area (Å²) in [5.74, 6) is -0.186. The maximum Gasteiger partial charge on any atom is 0.421 e.